The molecule has 0 saturated carbocycles. The standard InChI is InChI=1S/C8H10FN/c1-6(10)7-3-2-4-8(9)5-7/h2-6H,10H2,1H3/p+1. The highest BCUT2D eigenvalue weighted by molar-refractivity contribution is 5.17. The van der Waals surface area contributed by atoms with Crippen LogP contribution in [-0.4, -0.2) is 0 Å². The summed E-state index contributed by atoms with van der Waals surface area (Å²) in [6.07, 6.45) is 0. The van der Waals surface area contributed by atoms with Crippen molar-refractivity contribution in [2.45, 2.75) is 13.0 Å². The van der Waals surface area contributed by atoms with Gasteiger partial charge in [0.1, 0.15) is 11.9 Å². The fraction of sp³-hybridized carbons (Fsp3) is 0.250. The molecule has 0 aliphatic heterocycles. The van der Waals surface area contributed by atoms with E-state index >= 15 is 0 Å². The van der Waals surface area contributed by atoms with Crippen LogP contribution in [0.4, 0.5) is 4.39 Å². The molecule has 0 aromatic heterocycles. The van der Waals surface area contributed by atoms with E-state index in [-0.39, 0.29) is 11.9 Å². The first-order valence-corrected chi connectivity index (χ1v) is 3.28. The molecule has 0 aliphatic rings. The molecule has 0 aliphatic carbocycles. The molecular weight excluding hydrogens is 129 g/mol. The Kier molecular flexibility index (Phi) is 2.02. The summed E-state index contributed by atoms with van der Waals surface area (Å²) in [7, 11) is 0. The molecule has 0 heterocycles. The van der Waals surface area contributed by atoms with E-state index in [0.29, 0.717) is 0 Å². The molecule has 0 fully saturated rings. The molecule has 1 unspecified atom stereocenters. The van der Waals surface area contributed by atoms with Crippen LogP contribution in [0.15, 0.2) is 24.3 Å². The van der Waals surface area contributed by atoms with Gasteiger partial charge in [0.25, 0.3) is 0 Å². The van der Waals surface area contributed by atoms with Crippen molar-refractivity contribution in [3.8, 4) is 0 Å². The van der Waals surface area contributed by atoms with Gasteiger partial charge in [-0.2, -0.15) is 0 Å². The molecule has 2 heteroatoms. The van der Waals surface area contributed by atoms with E-state index in [1.165, 1.54) is 12.1 Å². The normalized spacial score (nSPS) is 13.1. The predicted molar refractivity (Wildman–Crippen MR) is 37.7 cm³/mol. The van der Waals surface area contributed by atoms with Gasteiger partial charge in [0.15, 0.2) is 0 Å². The second kappa shape index (κ2) is 2.80. The Bertz CT molecular complexity index is 220. The topological polar surface area (TPSA) is 27.6 Å². The smallest absolute Gasteiger partial charge is 0.123 e. The van der Waals surface area contributed by atoms with E-state index in [9.17, 15) is 4.39 Å². The first kappa shape index (κ1) is 7.22. The van der Waals surface area contributed by atoms with E-state index < -0.39 is 0 Å². The van der Waals surface area contributed by atoms with Crippen LogP contribution in [0.2, 0.25) is 0 Å². The van der Waals surface area contributed by atoms with Gasteiger partial charge >= 0.3 is 0 Å². The molecule has 0 amide bonds. The molecule has 1 rings (SSSR count). The SMILES string of the molecule is CC([NH3+])c1cccc(F)c1. The minimum atomic E-state index is -0.187. The lowest BCUT2D eigenvalue weighted by molar-refractivity contribution is -0.420. The summed E-state index contributed by atoms with van der Waals surface area (Å²) in [6, 6.07) is 6.69. The van der Waals surface area contributed by atoms with Crippen molar-refractivity contribution in [2.24, 2.45) is 0 Å². The Morgan fingerprint density at radius 2 is 2.20 bits per heavy atom. The number of hydrogen-bond acceptors (Lipinski definition) is 0. The summed E-state index contributed by atoms with van der Waals surface area (Å²) < 4.78 is 12.5. The van der Waals surface area contributed by atoms with E-state index in [2.05, 4.69) is 5.73 Å². The van der Waals surface area contributed by atoms with Crippen molar-refractivity contribution >= 4 is 0 Å². The second-order valence-corrected chi connectivity index (χ2v) is 2.46. The van der Waals surface area contributed by atoms with Crippen LogP contribution in [0.1, 0.15) is 18.5 Å². The first-order chi connectivity index (χ1) is 4.70. The maximum atomic E-state index is 12.5. The van der Waals surface area contributed by atoms with Gasteiger partial charge in [0.2, 0.25) is 0 Å². The van der Waals surface area contributed by atoms with Gasteiger partial charge in [0.05, 0.1) is 0 Å². The van der Waals surface area contributed by atoms with Crippen molar-refractivity contribution in [1.29, 1.82) is 0 Å². The lowest BCUT2D eigenvalue weighted by atomic mass is 10.1. The van der Waals surface area contributed by atoms with Crippen LogP contribution < -0.4 is 5.73 Å². The largest absolute Gasteiger partial charge is 0.352 e. The van der Waals surface area contributed by atoms with Gasteiger partial charge in [-0.1, -0.05) is 12.1 Å². The molecule has 1 nitrogen and oxygen atoms in total. The zero-order valence-corrected chi connectivity index (χ0v) is 5.97. The predicted octanol–water partition coefficient (Wildman–Crippen LogP) is 1.13. The van der Waals surface area contributed by atoms with Gasteiger partial charge in [0, 0.05) is 5.56 Å². The Morgan fingerprint density at radius 1 is 1.50 bits per heavy atom. The van der Waals surface area contributed by atoms with E-state index in [0.717, 1.165) is 5.56 Å². The van der Waals surface area contributed by atoms with Gasteiger partial charge in [-0.15, -0.1) is 0 Å². The molecule has 3 N–H and O–H groups in total. The molecule has 1 aromatic carbocycles. The minimum absolute atomic E-state index is 0.163. The lowest BCUT2D eigenvalue weighted by Crippen LogP contribution is -2.51. The van der Waals surface area contributed by atoms with Crippen molar-refractivity contribution < 1.29 is 10.1 Å². The van der Waals surface area contributed by atoms with Crippen LogP contribution in [0.25, 0.3) is 0 Å². The molecule has 1 aromatic rings. The highest BCUT2D eigenvalue weighted by Crippen LogP contribution is 2.08. The number of rotatable bonds is 1. The Morgan fingerprint density at radius 3 is 2.60 bits per heavy atom. The third kappa shape index (κ3) is 1.54. The van der Waals surface area contributed by atoms with Gasteiger partial charge in [-0.3, -0.25) is 0 Å². The Balaban J connectivity index is 2.96. The molecule has 0 spiro atoms. The summed E-state index contributed by atoms with van der Waals surface area (Å²) in [5.74, 6) is -0.187. The lowest BCUT2D eigenvalue weighted by Gasteiger charge is -2.00. The van der Waals surface area contributed by atoms with Crippen molar-refractivity contribution in [2.75, 3.05) is 0 Å². The van der Waals surface area contributed by atoms with Crippen LogP contribution in [-0.2, 0) is 0 Å². The number of halogens is 1. The number of quaternary nitrogens is 1. The summed E-state index contributed by atoms with van der Waals surface area (Å²) in [5, 5.41) is 0. The summed E-state index contributed by atoms with van der Waals surface area (Å²) >= 11 is 0. The van der Waals surface area contributed by atoms with Gasteiger partial charge < -0.3 is 5.73 Å². The summed E-state index contributed by atoms with van der Waals surface area (Å²) in [4.78, 5) is 0. The molecule has 0 saturated heterocycles. The van der Waals surface area contributed by atoms with E-state index in [1.807, 2.05) is 13.0 Å². The van der Waals surface area contributed by atoms with Crippen LogP contribution in [0.3, 0.4) is 0 Å². The fourth-order valence-corrected chi connectivity index (χ4v) is 0.813. The summed E-state index contributed by atoms with van der Waals surface area (Å²) in [5.41, 5.74) is 4.73. The highest BCUT2D eigenvalue weighted by atomic mass is 19.1. The minimum Gasteiger partial charge on any atom is -0.352 e. The average molecular weight is 140 g/mol. The molecular formula is C8H11FN+. The van der Waals surface area contributed by atoms with Crippen LogP contribution in [0.5, 0.6) is 0 Å². The fourth-order valence-electron chi connectivity index (χ4n) is 0.813. The maximum absolute atomic E-state index is 12.5. The Labute approximate surface area is 59.7 Å². The van der Waals surface area contributed by atoms with E-state index in [4.69, 9.17) is 0 Å². The number of benzene rings is 1. The third-order valence-electron chi connectivity index (χ3n) is 1.42. The third-order valence-corrected chi connectivity index (χ3v) is 1.42. The van der Waals surface area contributed by atoms with E-state index in [1.54, 1.807) is 6.07 Å². The highest BCUT2D eigenvalue weighted by Gasteiger charge is 2.01. The molecule has 1 atom stereocenters. The second-order valence-electron chi connectivity index (χ2n) is 2.46. The number of hydrogen-bond donors (Lipinski definition) is 1. The Hall–Kier alpha value is -0.890. The van der Waals surface area contributed by atoms with Crippen LogP contribution >= 0.6 is 0 Å². The maximum Gasteiger partial charge on any atom is 0.123 e. The molecule has 0 radical (unpaired) electrons. The zero-order chi connectivity index (χ0) is 7.56. The van der Waals surface area contributed by atoms with Crippen molar-refractivity contribution in [3.05, 3.63) is 35.6 Å². The first-order valence-electron chi connectivity index (χ1n) is 3.28. The average Bonchev–Trinajstić information content (AvgIpc) is 1.88. The van der Waals surface area contributed by atoms with Gasteiger partial charge in [-0.25, -0.2) is 4.39 Å². The summed E-state index contributed by atoms with van der Waals surface area (Å²) in [6.45, 7) is 1.94. The van der Waals surface area contributed by atoms with Crippen molar-refractivity contribution in [3.63, 3.8) is 0 Å². The zero-order valence-electron chi connectivity index (χ0n) is 5.97. The molecule has 54 valence electrons. The van der Waals surface area contributed by atoms with Gasteiger partial charge in [-0.05, 0) is 19.1 Å². The van der Waals surface area contributed by atoms with Crippen molar-refractivity contribution in [1.82, 2.24) is 0 Å². The monoisotopic (exact) mass is 140 g/mol. The van der Waals surface area contributed by atoms with Crippen LogP contribution in [0, 0.1) is 5.82 Å². The quantitative estimate of drug-likeness (QED) is 0.605. The molecule has 0 bridgehead atoms. The molecule has 10 heavy (non-hydrogen) atoms.